The second kappa shape index (κ2) is 4.63. The molecule has 0 aliphatic rings. The zero-order chi connectivity index (χ0) is 15.2. The van der Waals surface area contributed by atoms with Crippen molar-refractivity contribution in [3.05, 3.63) is 45.5 Å². The number of benzene rings is 2. The van der Waals surface area contributed by atoms with E-state index in [1.165, 1.54) is 0 Å². The lowest BCUT2D eigenvalue weighted by molar-refractivity contribution is 0.0989. The van der Waals surface area contributed by atoms with E-state index in [1.807, 2.05) is 26.0 Å². The van der Waals surface area contributed by atoms with Gasteiger partial charge in [-0.1, -0.05) is 12.1 Å². The molecule has 4 heteroatoms. The molecule has 0 saturated heterocycles. The minimum atomic E-state index is -0.491. The molecule has 104 valence electrons. The molecular formula is C16H18N2O2. The van der Waals surface area contributed by atoms with Gasteiger partial charge in [0.15, 0.2) is 0 Å². The number of aryl methyl sites for hydroxylation is 2. The number of hydrogen-bond acceptors (Lipinski definition) is 2. The molecule has 0 spiro atoms. The molecule has 0 aromatic heterocycles. The number of hydrogen-bond donors (Lipinski definition) is 2. The van der Waals surface area contributed by atoms with Crippen LogP contribution < -0.4 is 11.5 Å². The van der Waals surface area contributed by atoms with Gasteiger partial charge in [0.25, 0.3) is 0 Å². The Labute approximate surface area is 117 Å². The Morgan fingerprint density at radius 1 is 0.750 bits per heavy atom. The molecule has 2 rings (SSSR count). The van der Waals surface area contributed by atoms with Gasteiger partial charge in [0.1, 0.15) is 0 Å². The molecule has 0 unspecified atom stereocenters. The molecule has 0 fully saturated rings. The Balaban J connectivity index is 3.13. The molecule has 4 nitrogen and oxygen atoms in total. The van der Waals surface area contributed by atoms with Gasteiger partial charge >= 0.3 is 0 Å². The summed E-state index contributed by atoms with van der Waals surface area (Å²) in [6.45, 7) is 7.49. The molecular weight excluding hydrogens is 252 g/mol. The molecule has 0 bridgehead atoms. The summed E-state index contributed by atoms with van der Waals surface area (Å²) < 4.78 is 0. The lowest BCUT2D eigenvalue weighted by Crippen LogP contribution is -2.19. The molecule has 0 radical (unpaired) electrons. The molecule has 0 heterocycles. The summed E-state index contributed by atoms with van der Waals surface area (Å²) in [4.78, 5) is 23.5. The van der Waals surface area contributed by atoms with Crippen molar-refractivity contribution in [2.24, 2.45) is 11.5 Å². The number of rotatable bonds is 2. The zero-order valence-corrected chi connectivity index (χ0v) is 12.1. The quantitative estimate of drug-likeness (QED) is 0.877. The monoisotopic (exact) mass is 270 g/mol. The minimum Gasteiger partial charge on any atom is -0.366 e. The molecule has 2 aromatic rings. The van der Waals surface area contributed by atoms with Crippen LogP contribution in [0.1, 0.15) is 43.0 Å². The summed E-state index contributed by atoms with van der Waals surface area (Å²) in [5.74, 6) is -0.982. The number of carbonyl (C=O) groups excluding carboxylic acids is 2. The Hall–Kier alpha value is -2.36. The predicted octanol–water partition coefficient (Wildman–Crippen LogP) is 2.27. The van der Waals surface area contributed by atoms with E-state index in [0.29, 0.717) is 33.0 Å². The van der Waals surface area contributed by atoms with Crippen LogP contribution in [-0.2, 0) is 0 Å². The van der Waals surface area contributed by atoms with Gasteiger partial charge in [0.2, 0.25) is 11.8 Å². The second-order valence-electron chi connectivity index (χ2n) is 5.21. The number of primary amides is 2. The summed E-state index contributed by atoms with van der Waals surface area (Å²) in [7, 11) is 0. The van der Waals surface area contributed by atoms with E-state index < -0.39 is 11.8 Å². The molecule has 2 amide bonds. The molecule has 2 aromatic carbocycles. The third kappa shape index (κ3) is 1.93. The van der Waals surface area contributed by atoms with Crippen molar-refractivity contribution in [1.82, 2.24) is 0 Å². The lowest BCUT2D eigenvalue weighted by atomic mass is 9.88. The predicted molar refractivity (Wildman–Crippen MR) is 79.9 cm³/mol. The van der Waals surface area contributed by atoms with Gasteiger partial charge in [-0.25, -0.2) is 0 Å². The average molecular weight is 270 g/mol. The van der Waals surface area contributed by atoms with Crippen LogP contribution in [0.4, 0.5) is 0 Å². The first-order chi connectivity index (χ1) is 9.25. The van der Waals surface area contributed by atoms with E-state index in [-0.39, 0.29) is 0 Å². The molecule has 0 saturated carbocycles. The Morgan fingerprint density at radius 2 is 1.05 bits per heavy atom. The minimum absolute atomic E-state index is 0.464. The van der Waals surface area contributed by atoms with Crippen LogP contribution >= 0.6 is 0 Å². The summed E-state index contributed by atoms with van der Waals surface area (Å²) in [5, 5.41) is 1.38. The van der Waals surface area contributed by atoms with E-state index in [4.69, 9.17) is 11.5 Å². The zero-order valence-electron chi connectivity index (χ0n) is 12.1. The highest BCUT2D eigenvalue weighted by molar-refractivity contribution is 6.15. The third-order valence-corrected chi connectivity index (χ3v) is 3.98. The maximum Gasteiger partial charge on any atom is 0.249 e. The van der Waals surface area contributed by atoms with Gasteiger partial charge in [-0.15, -0.1) is 0 Å². The highest BCUT2D eigenvalue weighted by atomic mass is 16.1. The van der Waals surface area contributed by atoms with Crippen LogP contribution in [0.2, 0.25) is 0 Å². The number of amides is 2. The Kier molecular flexibility index (Phi) is 3.26. The Morgan fingerprint density at radius 3 is 1.30 bits per heavy atom. The van der Waals surface area contributed by atoms with Crippen molar-refractivity contribution in [2.75, 3.05) is 0 Å². The summed E-state index contributed by atoms with van der Waals surface area (Å²) in [6, 6.07) is 3.78. The van der Waals surface area contributed by atoms with Gasteiger partial charge in [-0.05, 0) is 60.7 Å². The fourth-order valence-electron chi connectivity index (χ4n) is 2.64. The first kappa shape index (κ1) is 14.1. The van der Waals surface area contributed by atoms with Crippen molar-refractivity contribution in [2.45, 2.75) is 27.7 Å². The van der Waals surface area contributed by atoms with Crippen LogP contribution in [0, 0.1) is 27.7 Å². The molecule has 0 aliphatic carbocycles. The number of carbonyl (C=O) groups is 2. The van der Waals surface area contributed by atoms with Crippen molar-refractivity contribution >= 4 is 22.6 Å². The number of fused-ring (bicyclic) bond motifs is 1. The van der Waals surface area contributed by atoms with Crippen molar-refractivity contribution in [3.8, 4) is 0 Å². The topological polar surface area (TPSA) is 86.2 Å². The lowest BCUT2D eigenvalue weighted by Gasteiger charge is -2.16. The van der Waals surface area contributed by atoms with Crippen LogP contribution in [-0.4, -0.2) is 11.8 Å². The van der Waals surface area contributed by atoms with Crippen LogP contribution in [0.25, 0.3) is 10.8 Å². The van der Waals surface area contributed by atoms with Crippen molar-refractivity contribution in [1.29, 1.82) is 0 Å². The van der Waals surface area contributed by atoms with E-state index in [1.54, 1.807) is 13.8 Å². The van der Waals surface area contributed by atoms with E-state index in [9.17, 15) is 9.59 Å². The summed E-state index contributed by atoms with van der Waals surface area (Å²) >= 11 is 0. The maximum absolute atomic E-state index is 11.8. The molecule has 20 heavy (non-hydrogen) atoms. The van der Waals surface area contributed by atoms with Crippen molar-refractivity contribution < 1.29 is 9.59 Å². The van der Waals surface area contributed by atoms with Crippen molar-refractivity contribution in [3.63, 3.8) is 0 Å². The standard InChI is InChI=1S/C16H18N2O2/c1-7-5-11-12(6-8(7)2)14(16(18)20)10(4)9(3)13(11)15(17)19/h5-6H,1-4H3,(H2,17,19)(H2,18,20). The molecule has 0 atom stereocenters. The second-order valence-corrected chi connectivity index (χ2v) is 5.21. The van der Waals surface area contributed by atoms with Gasteiger partial charge in [0.05, 0.1) is 11.1 Å². The average Bonchev–Trinajstić information content (AvgIpc) is 2.32. The smallest absolute Gasteiger partial charge is 0.249 e. The third-order valence-electron chi connectivity index (χ3n) is 3.98. The van der Waals surface area contributed by atoms with Gasteiger partial charge in [0, 0.05) is 0 Å². The van der Waals surface area contributed by atoms with Gasteiger partial charge in [-0.2, -0.15) is 0 Å². The molecule has 0 aliphatic heterocycles. The highest BCUT2D eigenvalue weighted by Crippen LogP contribution is 2.31. The largest absolute Gasteiger partial charge is 0.366 e. The molecule has 4 N–H and O–H groups in total. The number of nitrogens with two attached hydrogens (primary N) is 2. The normalized spacial score (nSPS) is 10.8. The van der Waals surface area contributed by atoms with E-state index >= 15 is 0 Å². The Bertz CT molecular complexity index is 697. The highest BCUT2D eigenvalue weighted by Gasteiger charge is 2.20. The maximum atomic E-state index is 11.8. The SMILES string of the molecule is Cc1cc2c(C(N)=O)c(C)c(C)c(C(N)=O)c2cc1C. The first-order valence-electron chi connectivity index (χ1n) is 6.39. The summed E-state index contributed by atoms with van der Waals surface area (Å²) in [6.07, 6.45) is 0. The van der Waals surface area contributed by atoms with Gasteiger partial charge in [-0.3, -0.25) is 9.59 Å². The fraction of sp³-hybridized carbons (Fsp3) is 0.250. The van der Waals surface area contributed by atoms with E-state index in [2.05, 4.69) is 0 Å². The summed E-state index contributed by atoms with van der Waals surface area (Å²) in [5.41, 5.74) is 15.4. The van der Waals surface area contributed by atoms with Crippen LogP contribution in [0.3, 0.4) is 0 Å². The first-order valence-corrected chi connectivity index (χ1v) is 6.39. The van der Waals surface area contributed by atoms with Gasteiger partial charge < -0.3 is 11.5 Å². The van der Waals surface area contributed by atoms with Crippen LogP contribution in [0.15, 0.2) is 12.1 Å². The van der Waals surface area contributed by atoms with E-state index in [0.717, 1.165) is 11.1 Å². The van der Waals surface area contributed by atoms with Crippen LogP contribution in [0.5, 0.6) is 0 Å². The fourth-order valence-corrected chi connectivity index (χ4v) is 2.64.